The predicted molar refractivity (Wildman–Crippen MR) is 131 cm³/mol. The molecule has 0 aliphatic rings. The van der Waals surface area contributed by atoms with E-state index in [0.29, 0.717) is 10.9 Å². The first-order chi connectivity index (χ1) is 15.3. The van der Waals surface area contributed by atoms with Gasteiger partial charge >= 0.3 is 0 Å². The molecule has 1 aromatic heterocycles. The molecular formula is C26H26N2O3S. The maximum Gasteiger partial charge on any atom is 0.264 e. The second kappa shape index (κ2) is 9.01. The minimum absolute atomic E-state index is 0.0969. The fourth-order valence-electron chi connectivity index (χ4n) is 3.46. The molecule has 4 rings (SSSR count). The number of fused-ring (bicyclic) bond motifs is 1. The van der Waals surface area contributed by atoms with E-state index in [1.807, 2.05) is 41.8 Å². The molecule has 32 heavy (non-hydrogen) atoms. The van der Waals surface area contributed by atoms with Crippen molar-refractivity contribution >= 4 is 33.1 Å². The van der Waals surface area contributed by atoms with Gasteiger partial charge in [0.05, 0.1) is 12.8 Å². The number of thiazole rings is 1. The van der Waals surface area contributed by atoms with Gasteiger partial charge in [-0.25, -0.2) is 4.98 Å². The van der Waals surface area contributed by atoms with Crippen LogP contribution in [-0.2, 0) is 10.2 Å². The van der Waals surface area contributed by atoms with E-state index < -0.39 is 0 Å². The van der Waals surface area contributed by atoms with Crippen molar-refractivity contribution in [1.82, 2.24) is 4.98 Å². The second-order valence-corrected chi connectivity index (χ2v) is 9.41. The van der Waals surface area contributed by atoms with Crippen molar-refractivity contribution in [2.24, 2.45) is 0 Å². The first-order valence-electron chi connectivity index (χ1n) is 10.4. The highest BCUT2D eigenvalue weighted by Crippen LogP contribution is 2.34. The largest absolute Gasteiger partial charge is 0.497 e. The quantitative estimate of drug-likeness (QED) is 0.378. The molecule has 0 atom stereocenters. The summed E-state index contributed by atoms with van der Waals surface area (Å²) < 4.78 is 11.2. The van der Waals surface area contributed by atoms with Gasteiger partial charge < -0.3 is 9.47 Å². The fourth-order valence-corrected chi connectivity index (χ4v) is 4.19. The molecule has 0 bridgehead atoms. The van der Waals surface area contributed by atoms with Crippen molar-refractivity contribution in [1.29, 1.82) is 0 Å². The lowest BCUT2D eigenvalue weighted by atomic mass is 9.86. The Labute approximate surface area is 192 Å². The van der Waals surface area contributed by atoms with E-state index in [0.717, 1.165) is 28.0 Å². The SMILES string of the molecule is COc1ccc(OCC(=O)Nc2nc(-c3ccc4ccccc4c3)cs2)c(C(C)(C)C)c1. The first kappa shape index (κ1) is 21.8. The summed E-state index contributed by atoms with van der Waals surface area (Å²) in [5.41, 5.74) is 2.69. The van der Waals surface area contributed by atoms with Crippen LogP contribution in [0.25, 0.3) is 22.0 Å². The summed E-state index contributed by atoms with van der Waals surface area (Å²) >= 11 is 1.40. The summed E-state index contributed by atoms with van der Waals surface area (Å²) in [6, 6.07) is 20.1. The number of ether oxygens (including phenoxy) is 2. The number of hydrogen-bond acceptors (Lipinski definition) is 5. The van der Waals surface area contributed by atoms with Crippen LogP contribution in [-0.4, -0.2) is 24.6 Å². The molecule has 164 valence electrons. The molecule has 0 aliphatic heterocycles. The Morgan fingerprint density at radius 2 is 1.81 bits per heavy atom. The standard InChI is InChI=1S/C26H26N2O3S/c1-26(2,3)21-14-20(30-4)11-12-23(21)31-15-24(29)28-25-27-22(16-32-25)19-10-9-17-7-5-6-8-18(17)13-19/h5-14,16H,15H2,1-4H3,(H,27,28,29). The van der Waals surface area contributed by atoms with Gasteiger partial charge in [0.25, 0.3) is 5.91 Å². The molecule has 0 aliphatic carbocycles. The highest BCUT2D eigenvalue weighted by atomic mass is 32.1. The monoisotopic (exact) mass is 446 g/mol. The molecule has 3 aromatic carbocycles. The number of carbonyl (C=O) groups is 1. The average Bonchev–Trinajstić information content (AvgIpc) is 3.25. The van der Waals surface area contributed by atoms with E-state index in [1.54, 1.807) is 7.11 Å². The Hall–Kier alpha value is -3.38. The van der Waals surface area contributed by atoms with Crippen LogP contribution in [0.2, 0.25) is 0 Å². The Morgan fingerprint density at radius 3 is 2.56 bits per heavy atom. The zero-order valence-electron chi connectivity index (χ0n) is 18.6. The van der Waals surface area contributed by atoms with Crippen molar-refractivity contribution < 1.29 is 14.3 Å². The zero-order chi connectivity index (χ0) is 22.7. The minimum Gasteiger partial charge on any atom is -0.497 e. The van der Waals surface area contributed by atoms with Crippen LogP contribution in [0.15, 0.2) is 66.0 Å². The van der Waals surface area contributed by atoms with Crippen LogP contribution in [0, 0.1) is 0 Å². The van der Waals surface area contributed by atoms with Gasteiger partial charge in [-0.15, -0.1) is 11.3 Å². The average molecular weight is 447 g/mol. The molecule has 6 heteroatoms. The lowest BCUT2D eigenvalue weighted by molar-refractivity contribution is -0.118. The molecule has 1 N–H and O–H groups in total. The summed E-state index contributed by atoms with van der Waals surface area (Å²) in [6.45, 7) is 6.19. The van der Waals surface area contributed by atoms with E-state index in [4.69, 9.17) is 9.47 Å². The van der Waals surface area contributed by atoms with E-state index in [-0.39, 0.29) is 17.9 Å². The highest BCUT2D eigenvalue weighted by Gasteiger charge is 2.21. The van der Waals surface area contributed by atoms with Crippen molar-refractivity contribution in [2.75, 3.05) is 19.0 Å². The topological polar surface area (TPSA) is 60.5 Å². The molecule has 0 spiro atoms. The fraction of sp³-hybridized carbons (Fsp3) is 0.231. The second-order valence-electron chi connectivity index (χ2n) is 8.55. The molecule has 4 aromatic rings. The number of rotatable bonds is 6. The van der Waals surface area contributed by atoms with Crippen LogP contribution in [0.1, 0.15) is 26.3 Å². The van der Waals surface area contributed by atoms with E-state index in [2.05, 4.69) is 55.3 Å². The van der Waals surface area contributed by atoms with Gasteiger partial charge in [-0.1, -0.05) is 57.2 Å². The van der Waals surface area contributed by atoms with Gasteiger partial charge in [-0.2, -0.15) is 0 Å². The highest BCUT2D eigenvalue weighted by molar-refractivity contribution is 7.14. The van der Waals surface area contributed by atoms with Gasteiger partial charge in [0.1, 0.15) is 11.5 Å². The van der Waals surface area contributed by atoms with Crippen molar-refractivity contribution in [3.05, 3.63) is 71.6 Å². The predicted octanol–water partition coefficient (Wildman–Crippen LogP) is 6.29. The Kier molecular flexibility index (Phi) is 6.15. The third-order valence-electron chi connectivity index (χ3n) is 5.15. The van der Waals surface area contributed by atoms with Crippen molar-refractivity contribution in [2.45, 2.75) is 26.2 Å². The third kappa shape index (κ3) is 4.92. The van der Waals surface area contributed by atoms with Crippen molar-refractivity contribution in [3.8, 4) is 22.8 Å². The maximum atomic E-state index is 12.5. The number of amides is 1. The van der Waals surface area contributed by atoms with Gasteiger partial charge in [0, 0.05) is 16.5 Å². The lowest BCUT2D eigenvalue weighted by Crippen LogP contribution is -2.22. The van der Waals surface area contributed by atoms with Crippen LogP contribution < -0.4 is 14.8 Å². The smallest absolute Gasteiger partial charge is 0.264 e. The number of nitrogens with one attached hydrogen (secondary N) is 1. The summed E-state index contributed by atoms with van der Waals surface area (Å²) in [5.74, 6) is 1.18. The number of carbonyl (C=O) groups excluding carboxylic acids is 1. The van der Waals surface area contributed by atoms with Crippen LogP contribution in [0.5, 0.6) is 11.5 Å². The first-order valence-corrected chi connectivity index (χ1v) is 11.3. The summed E-state index contributed by atoms with van der Waals surface area (Å²) in [7, 11) is 1.63. The summed E-state index contributed by atoms with van der Waals surface area (Å²) in [5, 5.41) is 7.68. The van der Waals surface area contributed by atoms with Gasteiger partial charge in [0.2, 0.25) is 0 Å². The molecular weight excluding hydrogens is 420 g/mol. The number of aromatic nitrogens is 1. The number of hydrogen-bond donors (Lipinski definition) is 1. The van der Waals surface area contributed by atoms with E-state index in [9.17, 15) is 4.79 Å². The van der Waals surface area contributed by atoms with Crippen LogP contribution in [0.4, 0.5) is 5.13 Å². The van der Waals surface area contributed by atoms with E-state index >= 15 is 0 Å². The normalized spacial score (nSPS) is 11.4. The molecule has 1 heterocycles. The Bertz CT molecular complexity index is 1260. The van der Waals surface area contributed by atoms with Crippen molar-refractivity contribution in [3.63, 3.8) is 0 Å². The molecule has 0 unspecified atom stereocenters. The zero-order valence-corrected chi connectivity index (χ0v) is 19.5. The minimum atomic E-state index is -0.250. The number of anilines is 1. The van der Waals surface area contributed by atoms with Crippen LogP contribution >= 0.6 is 11.3 Å². The van der Waals surface area contributed by atoms with Crippen LogP contribution in [0.3, 0.4) is 0 Å². The van der Waals surface area contributed by atoms with Gasteiger partial charge in [-0.3, -0.25) is 10.1 Å². The number of benzene rings is 3. The third-order valence-corrected chi connectivity index (χ3v) is 5.91. The molecule has 0 radical (unpaired) electrons. The maximum absolute atomic E-state index is 12.5. The van der Waals surface area contributed by atoms with Gasteiger partial charge in [0.15, 0.2) is 11.7 Å². The molecule has 0 saturated heterocycles. The summed E-state index contributed by atoms with van der Waals surface area (Å²) in [4.78, 5) is 17.1. The Balaban J connectivity index is 1.43. The molecule has 0 fully saturated rings. The van der Waals surface area contributed by atoms with Gasteiger partial charge in [-0.05, 0) is 40.5 Å². The van der Waals surface area contributed by atoms with E-state index in [1.165, 1.54) is 16.7 Å². The molecule has 0 saturated carbocycles. The number of nitrogens with zero attached hydrogens (tertiary/aromatic N) is 1. The molecule has 1 amide bonds. The lowest BCUT2D eigenvalue weighted by Gasteiger charge is -2.23. The summed E-state index contributed by atoms with van der Waals surface area (Å²) in [6.07, 6.45) is 0. The molecule has 5 nitrogen and oxygen atoms in total. The number of methoxy groups -OCH3 is 1. The Morgan fingerprint density at radius 1 is 1.03 bits per heavy atom.